The van der Waals surface area contributed by atoms with Crippen LogP contribution < -0.4 is 14.5 Å². The van der Waals surface area contributed by atoms with Crippen molar-refractivity contribution in [3.8, 4) is 12.1 Å². The van der Waals surface area contributed by atoms with Crippen LogP contribution in [0.25, 0.3) is 10.8 Å². The monoisotopic (exact) mass is 568 g/mol. The van der Waals surface area contributed by atoms with Gasteiger partial charge in [0.25, 0.3) is 5.91 Å². The summed E-state index contributed by atoms with van der Waals surface area (Å²) in [5.41, 5.74) is 4.44. The highest BCUT2D eigenvalue weighted by atomic mass is 19.1. The van der Waals surface area contributed by atoms with Crippen LogP contribution in [0, 0.1) is 24.2 Å². The van der Waals surface area contributed by atoms with Gasteiger partial charge < -0.3 is 19.4 Å². The van der Waals surface area contributed by atoms with E-state index in [0.29, 0.717) is 38.2 Å². The summed E-state index contributed by atoms with van der Waals surface area (Å²) in [6.45, 7) is 8.50. The SMILES string of the molecule is C=C(F)C(=O)N1CCN(c2nc(OCC3CCCC3)nc3c2CCN(c2cccc4cccc(C)c24)C3)C[C@@H]1CC#N. The van der Waals surface area contributed by atoms with Gasteiger partial charge in [-0.2, -0.15) is 15.2 Å². The Morgan fingerprint density at radius 2 is 1.90 bits per heavy atom. The van der Waals surface area contributed by atoms with Crippen LogP contribution in [-0.2, 0) is 17.8 Å². The first kappa shape index (κ1) is 28.0. The van der Waals surface area contributed by atoms with Crippen LogP contribution in [0.4, 0.5) is 15.9 Å². The zero-order valence-electron chi connectivity index (χ0n) is 24.2. The number of aromatic nitrogens is 2. The van der Waals surface area contributed by atoms with E-state index in [1.165, 1.54) is 39.8 Å². The molecule has 3 aromatic rings. The minimum atomic E-state index is -1.00. The third-order valence-corrected chi connectivity index (χ3v) is 8.98. The highest BCUT2D eigenvalue weighted by Gasteiger charge is 2.35. The number of carbonyl (C=O) groups excluding carboxylic acids is 1. The van der Waals surface area contributed by atoms with Gasteiger partial charge >= 0.3 is 6.01 Å². The molecular formula is C33H37FN6O2. The third kappa shape index (κ3) is 5.50. The van der Waals surface area contributed by atoms with Crippen molar-refractivity contribution >= 4 is 28.2 Å². The number of nitriles is 1. The molecule has 1 atom stereocenters. The molecule has 1 saturated carbocycles. The second-order valence-electron chi connectivity index (χ2n) is 11.7. The lowest BCUT2D eigenvalue weighted by molar-refractivity contribution is -0.131. The smallest absolute Gasteiger partial charge is 0.318 e. The van der Waals surface area contributed by atoms with E-state index in [2.05, 4.69) is 65.8 Å². The molecule has 6 rings (SSSR count). The van der Waals surface area contributed by atoms with Gasteiger partial charge in [0, 0.05) is 42.8 Å². The van der Waals surface area contributed by atoms with Crippen LogP contribution in [0.3, 0.4) is 0 Å². The molecule has 0 unspecified atom stereocenters. The molecule has 2 fully saturated rings. The summed E-state index contributed by atoms with van der Waals surface area (Å²) in [6, 6.07) is 14.9. The number of amides is 1. The van der Waals surface area contributed by atoms with Crippen molar-refractivity contribution in [2.24, 2.45) is 5.92 Å². The average molecular weight is 569 g/mol. The first-order valence-corrected chi connectivity index (χ1v) is 15.0. The van der Waals surface area contributed by atoms with Gasteiger partial charge in [-0.05, 0) is 49.1 Å². The fourth-order valence-electron chi connectivity index (χ4n) is 6.81. The minimum absolute atomic E-state index is 0.0992. The Morgan fingerprint density at radius 3 is 2.67 bits per heavy atom. The number of rotatable bonds is 7. The molecule has 9 heteroatoms. The molecule has 1 aliphatic carbocycles. The molecule has 0 bridgehead atoms. The molecule has 1 saturated heterocycles. The zero-order chi connectivity index (χ0) is 29.2. The van der Waals surface area contributed by atoms with Crippen LogP contribution in [0.2, 0.25) is 0 Å². The Labute approximate surface area is 246 Å². The van der Waals surface area contributed by atoms with Gasteiger partial charge in [-0.25, -0.2) is 4.39 Å². The lowest BCUT2D eigenvalue weighted by atomic mass is 9.99. The number of carbonyl (C=O) groups is 1. The van der Waals surface area contributed by atoms with Crippen LogP contribution in [0.15, 0.2) is 48.8 Å². The summed E-state index contributed by atoms with van der Waals surface area (Å²) >= 11 is 0. The van der Waals surface area contributed by atoms with E-state index in [9.17, 15) is 14.4 Å². The summed E-state index contributed by atoms with van der Waals surface area (Å²) in [7, 11) is 0. The summed E-state index contributed by atoms with van der Waals surface area (Å²) in [5.74, 6) is -0.436. The Hall–Kier alpha value is -4.19. The minimum Gasteiger partial charge on any atom is -0.463 e. The van der Waals surface area contributed by atoms with E-state index in [0.717, 1.165) is 42.9 Å². The molecular weight excluding hydrogens is 531 g/mol. The summed E-state index contributed by atoms with van der Waals surface area (Å²) < 4.78 is 20.0. The molecule has 8 nitrogen and oxygen atoms in total. The van der Waals surface area contributed by atoms with Crippen molar-refractivity contribution in [3.05, 3.63) is 65.6 Å². The predicted molar refractivity (Wildman–Crippen MR) is 161 cm³/mol. The number of piperazine rings is 1. The average Bonchev–Trinajstić information content (AvgIpc) is 3.53. The van der Waals surface area contributed by atoms with Gasteiger partial charge in [0.2, 0.25) is 0 Å². The number of ether oxygens (including phenoxy) is 1. The molecule has 1 amide bonds. The number of anilines is 2. The normalized spacial score (nSPS) is 19.1. The number of hydrogen-bond donors (Lipinski definition) is 0. The lowest BCUT2D eigenvalue weighted by Crippen LogP contribution is -2.55. The van der Waals surface area contributed by atoms with Crippen molar-refractivity contribution in [1.82, 2.24) is 14.9 Å². The first-order valence-electron chi connectivity index (χ1n) is 15.0. The molecule has 1 aromatic heterocycles. The maximum Gasteiger partial charge on any atom is 0.318 e. The quantitative estimate of drug-likeness (QED) is 0.349. The second kappa shape index (κ2) is 12.0. The molecule has 3 heterocycles. The molecule has 42 heavy (non-hydrogen) atoms. The number of benzene rings is 2. The van der Waals surface area contributed by atoms with E-state index in [4.69, 9.17) is 14.7 Å². The standard InChI is InChI=1S/C33H37FN6O2/c1-22-7-5-10-25-11-6-12-29(30(22)25)38-16-14-27-28(20-38)36-33(42-21-24-8-3-4-9-24)37-31(27)39-17-18-40(32(41)23(2)34)26(19-39)13-15-35/h5-7,10-12,24,26H,2-4,8-9,13-14,16-21H2,1H3/t26-/m0/s1. The molecule has 0 radical (unpaired) electrons. The van der Waals surface area contributed by atoms with Crippen LogP contribution >= 0.6 is 0 Å². The van der Waals surface area contributed by atoms with E-state index >= 15 is 0 Å². The van der Waals surface area contributed by atoms with Gasteiger partial charge in [0.15, 0.2) is 5.83 Å². The van der Waals surface area contributed by atoms with Gasteiger partial charge in [0.05, 0.1) is 37.4 Å². The Bertz CT molecular complexity index is 1540. The largest absolute Gasteiger partial charge is 0.463 e. The third-order valence-electron chi connectivity index (χ3n) is 8.98. The van der Waals surface area contributed by atoms with Gasteiger partial charge in [0.1, 0.15) is 5.82 Å². The van der Waals surface area contributed by atoms with Gasteiger partial charge in [-0.15, -0.1) is 0 Å². The number of fused-ring (bicyclic) bond motifs is 2. The zero-order valence-corrected chi connectivity index (χ0v) is 24.2. The van der Waals surface area contributed by atoms with E-state index in [1.54, 1.807) is 0 Å². The van der Waals surface area contributed by atoms with E-state index in [-0.39, 0.29) is 13.0 Å². The molecule has 3 aliphatic rings. The summed E-state index contributed by atoms with van der Waals surface area (Å²) in [5, 5.41) is 12.0. The topological polar surface area (TPSA) is 85.6 Å². The van der Waals surface area contributed by atoms with Crippen LogP contribution in [0.1, 0.15) is 48.9 Å². The predicted octanol–water partition coefficient (Wildman–Crippen LogP) is 5.48. The van der Waals surface area contributed by atoms with Crippen molar-refractivity contribution in [3.63, 3.8) is 0 Å². The number of hydrogen-bond acceptors (Lipinski definition) is 7. The second-order valence-corrected chi connectivity index (χ2v) is 11.7. The highest BCUT2D eigenvalue weighted by Crippen LogP contribution is 2.36. The van der Waals surface area contributed by atoms with Gasteiger partial charge in [-0.3, -0.25) is 4.79 Å². The van der Waals surface area contributed by atoms with Crippen molar-refractivity contribution in [2.45, 2.75) is 58.0 Å². The summed E-state index contributed by atoms with van der Waals surface area (Å²) in [6.07, 6.45) is 5.65. The summed E-state index contributed by atoms with van der Waals surface area (Å²) in [4.78, 5) is 28.3. The lowest BCUT2D eigenvalue weighted by Gasteiger charge is -2.42. The molecule has 2 aliphatic heterocycles. The Balaban J connectivity index is 1.33. The van der Waals surface area contributed by atoms with Crippen LogP contribution in [-0.4, -0.2) is 59.6 Å². The number of nitrogens with zero attached hydrogens (tertiary/aromatic N) is 6. The Morgan fingerprint density at radius 1 is 1.12 bits per heavy atom. The van der Waals surface area contributed by atoms with Crippen molar-refractivity contribution in [1.29, 1.82) is 5.26 Å². The molecule has 0 N–H and O–H groups in total. The molecule has 0 spiro atoms. The number of halogens is 1. The van der Waals surface area contributed by atoms with Gasteiger partial charge in [-0.1, -0.05) is 49.8 Å². The molecule has 218 valence electrons. The Kier molecular flexibility index (Phi) is 7.96. The maximum absolute atomic E-state index is 13.8. The van der Waals surface area contributed by atoms with Crippen molar-refractivity contribution in [2.75, 3.05) is 42.6 Å². The highest BCUT2D eigenvalue weighted by molar-refractivity contribution is 5.97. The van der Waals surface area contributed by atoms with E-state index < -0.39 is 17.8 Å². The fourth-order valence-corrected chi connectivity index (χ4v) is 6.81. The maximum atomic E-state index is 13.8. The van der Waals surface area contributed by atoms with E-state index in [1.807, 2.05) is 0 Å². The number of aryl methyl sites for hydroxylation is 1. The van der Waals surface area contributed by atoms with Crippen LogP contribution in [0.5, 0.6) is 6.01 Å². The molecule has 2 aromatic carbocycles. The first-order chi connectivity index (χ1) is 20.4. The fraction of sp³-hybridized carbons (Fsp3) is 0.455. The van der Waals surface area contributed by atoms with Crippen molar-refractivity contribution < 1.29 is 13.9 Å².